The molecule has 0 aliphatic carbocycles. The highest BCUT2D eigenvalue weighted by Gasteiger charge is 2.18. The third kappa shape index (κ3) is 4.28. The monoisotopic (exact) mass is 317 g/mol. The molecule has 0 heterocycles. The summed E-state index contributed by atoms with van der Waals surface area (Å²) in [5, 5.41) is 13.0. The highest BCUT2D eigenvalue weighted by Crippen LogP contribution is 2.24. The Hall–Kier alpha value is -0.0300. The zero-order valence-electron chi connectivity index (χ0n) is 10.5. The molecule has 0 aromatic heterocycles. The van der Waals surface area contributed by atoms with Crippen LogP contribution in [-0.2, 0) is 0 Å². The minimum Gasteiger partial charge on any atom is -0.395 e. The van der Waals surface area contributed by atoms with Crippen LogP contribution in [0.4, 0.5) is 0 Å². The second-order valence-electron chi connectivity index (χ2n) is 4.16. The van der Waals surface area contributed by atoms with E-state index in [0.717, 1.165) is 4.47 Å². The SMILES string of the molecule is CSC(CO)C(C)NC(C)c1ccccc1Br. The van der Waals surface area contributed by atoms with Gasteiger partial charge in [0.1, 0.15) is 0 Å². The lowest BCUT2D eigenvalue weighted by Gasteiger charge is -2.26. The largest absolute Gasteiger partial charge is 0.395 e. The van der Waals surface area contributed by atoms with E-state index in [1.165, 1.54) is 5.56 Å². The quantitative estimate of drug-likeness (QED) is 0.845. The van der Waals surface area contributed by atoms with Crippen LogP contribution in [0.1, 0.15) is 25.5 Å². The number of hydrogen-bond donors (Lipinski definition) is 2. The van der Waals surface area contributed by atoms with Crippen molar-refractivity contribution in [3.63, 3.8) is 0 Å². The first kappa shape index (κ1) is 15.0. The molecule has 0 aliphatic heterocycles. The van der Waals surface area contributed by atoms with Crippen molar-refractivity contribution in [2.45, 2.75) is 31.2 Å². The first-order chi connectivity index (χ1) is 8.10. The molecule has 1 aromatic rings. The number of benzene rings is 1. The van der Waals surface area contributed by atoms with Crippen LogP contribution in [0, 0.1) is 0 Å². The van der Waals surface area contributed by atoms with Gasteiger partial charge in [0.05, 0.1) is 6.61 Å². The molecule has 0 spiro atoms. The number of aliphatic hydroxyl groups is 1. The van der Waals surface area contributed by atoms with Crippen molar-refractivity contribution in [1.82, 2.24) is 5.32 Å². The van der Waals surface area contributed by atoms with Crippen LogP contribution in [0.2, 0.25) is 0 Å². The fourth-order valence-electron chi connectivity index (χ4n) is 1.85. The maximum absolute atomic E-state index is 9.26. The number of hydrogen-bond acceptors (Lipinski definition) is 3. The van der Waals surface area contributed by atoms with Crippen molar-refractivity contribution >= 4 is 27.7 Å². The van der Waals surface area contributed by atoms with Gasteiger partial charge in [0.2, 0.25) is 0 Å². The molecule has 4 heteroatoms. The van der Waals surface area contributed by atoms with Gasteiger partial charge in [-0.25, -0.2) is 0 Å². The normalized spacial score (nSPS) is 16.5. The fraction of sp³-hybridized carbons (Fsp3) is 0.538. The van der Waals surface area contributed by atoms with E-state index in [1.54, 1.807) is 11.8 Å². The van der Waals surface area contributed by atoms with E-state index < -0.39 is 0 Å². The van der Waals surface area contributed by atoms with Crippen LogP contribution >= 0.6 is 27.7 Å². The fourth-order valence-corrected chi connectivity index (χ4v) is 3.12. The molecule has 0 aliphatic rings. The van der Waals surface area contributed by atoms with Gasteiger partial charge in [-0.1, -0.05) is 34.1 Å². The van der Waals surface area contributed by atoms with E-state index in [-0.39, 0.29) is 23.9 Å². The van der Waals surface area contributed by atoms with E-state index in [1.807, 2.05) is 18.4 Å². The summed E-state index contributed by atoms with van der Waals surface area (Å²) < 4.78 is 1.12. The summed E-state index contributed by atoms with van der Waals surface area (Å²) in [6.45, 7) is 4.47. The topological polar surface area (TPSA) is 32.3 Å². The molecule has 96 valence electrons. The van der Waals surface area contributed by atoms with Gasteiger partial charge in [0.15, 0.2) is 0 Å². The van der Waals surface area contributed by atoms with Gasteiger partial charge >= 0.3 is 0 Å². The lowest BCUT2D eigenvalue weighted by atomic mass is 10.1. The molecule has 0 saturated heterocycles. The van der Waals surface area contributed by atoms with Crippen LogP contribution in [0.5, 0.6) is 0 Å². The summed E-state index contributed by atoms with van der Waals surface area (Å²) in [5.41, 5.74) is 1.25. The Balaban J connectivity index is 2.66. The Morgan fingerprint density at radius 2 is 2.00 bits per heavy atom. The third-order valence-corrected chi connectivity index (χ3v) is 4.81. The predicted molar refractivity (Wildman–Crippen MR) is 79.5 cm³/mol. The standard InChI is InChI=1S/C13H20BrNOS/c1-9(11-6-4-5-7-12(11)14)15-10(2)13(8-16)17-3/h4-7,9-10,13,15-16H,8H2,1-3H3. The second-order valence-corrected chi connectivity index (χ2v) is 6.09. The summed E-state index contributed by atoms with van der Waals surface area (Å²) >= 11 is 5.26. The lowest BCUT2D eigenvalue weighted by Crippen LogP contribution is -2.39. The Bertz CT molecular complexity index is 344. The number of rotatable bonds is 6. The average molecular weight is 318 g/mol. The molecule has 3 atom stereocenters. The van der Waals surface area contributed by atoms with Crippen LogP contribution in [0.3, 0.4) is 0 Å². The summed E-state index contributed by atoms with van der Waals surface area (Å²) in [5.74, 6) is 0. The van der Waals surface area contributed by atoms with Gasteiger partial charge in [-0.2, -0.15) is 11.8 Å². The minimum atomic E-state index is 0.206. The molecule has 17 heavy (non-hydrogen) atoms. The molecule has 1 rings (SSSR count). The Kier molecular flexibility index (Phi) is 6.55. The van der Waals surface area contributed by atoms with E-state index >= 15 is 0 Å². The van der Waals surface area contributed by atoms with E-state index in [0.29, 0.717) is 0 Å². The zero-order chi connectivity index (χ0) is 12.8. The molecule has 3 unspecified atom stereocenters. The van der Waals surface area contributed by atoms with Crippen LogP contribution in [0.15, 0.2) is 28.7 Å². The van der Waals surface area contributed by atoms with Crippen LogP contribution in [-0.4, -0.2) is 29.3 Å². The molecule has 0 amide bonds. The highest BCUT2D eigenvalue weighted by molar-refractivity contribution is 9.10. The van der Waals surface area contributed by atoms with Gasteiger partial charge < -0.3 is 10.4 Å². The van der Waals surface area contributed by atoms with E-state index in [4.69, 9.17) is 0 Å². The van der Waals surface area contributed by atoms with E-state index in [9.17, 15) is 5.11 Å². The molecule has 2 N–H and O–H groups in total. The number of nitrogens with one attached hydrogen (secondary N) is 1. The second kappa shape index (κ2) is 7.41. The van der Waals surface area contributed by atoms with Gasteiger partial charge in [-0.15, -0.1) is 0 Å². The molecule has 2 nitrogen and oxygen atoms in total. The molecule has 0 bridgehead atoms. The van der Waals surface area contributed by atoms with Gasteiger partial charge in [0.25, 0.3) is 0 Å². The van der Waals surface area contributed by atoms with Crippen molar-refractivity contribution < 1.29 is 5.11 Å². The van der Waals surface area contributed by atoms with Crippen molar-refractivity contribution in [3.8, 4) is 0 Å². The number of aliphatic hydroxyl groups excluding tert-OH is 1. The van der Waals surface area contributed by atoms with Crippen LogP contribution < -0.4 is 5.32 Å². The zero-order valence-corrected chi connectivity index (χ0v) is 12.9. The van der Waals surface area contributed by atoms with Crippen molar-refractivity contribution in [2.24, 2.45) is 0 Å². The summed E-state index contributed by atoms with van der Waals surface area (Å²) in [6.07, 6.45) is 2.03. The molecular weight excluding hydrogens is 298 g/mol. The lowest BCUT2D eigenvalue weighted by molar-refractivity contribution is 0.271. The maximum Gasteiger partial charge on any atom is 0.0564 e. The van der Waals surface area contributed by atoms with Crippen molar-refractivity contribution in [1.29, 1.82) is 0 Å². The molecule has 0 saturated carbocycles. The summed E-state index contributed by atoms with van der Waals surface area (Å²) in [4.78, 5) is 0. The Morgan fingerprint density at radius 3 is 2.53 bits per heavy atom. The smallest absolute Gasteiger partial charge is 0.0564 e. The molecule has 0 radical (unpaired) electrons. The Labute approximate surface area is 116 Å². The first-order valence-electron chi connectivity index (χ1n) is 5.74. The van der Waals surface area contributed by atoms with Gasteiger partial charge in [0, 0.05) is 21.8 Å². The third-order valence-electron chi connectivity index (χ3n) is 2.92. The molecule has 1 aromatic carbocycles. The highest BCUT2D eigenvalue weighted by atomic mass is 79.9. The summed E-state index contributed by atoms with van der Waals surface area (Å²) in [7, 11) is 0. The number of halogens is 1. The van der Waals surface area contributed by atoms with Crippen molar-refractivity contribution in [3.05, 3.63) is 34.3 Å². The van der Waals surface area contributed by atoms with E-state index in [2.05, 4.69) is 47.2 Å². The first-order valence-corrected chi connectivity index (χ1v) is 7.82. The average Bonchev–Trinajstić information content (AvgIpc) is 2.31. The van der Waals surface area contributed by atoms with Gasteiger partial charge in [-0.05, 0) is 31.7 Å². The molecule has 0 fully saturated rings. The number of thioether (sulfide) groups is 1. The Morgan fingerprint density at radius 1 is 1.35 bits per heavy atom. The predicted octanol–water partition coefficient (Wildman–Crippen LogP) is 3.21. The summed E-state index contributed by atoms with van der Waals surface area (Å²) in [6, 6.07) is 8.76. The minimum absolute atomic E-state index is 0.206. The van der Waals surface area contributed by atoms with Gasteiger partial charge in [-0.3, -0.25) is 0 Å². The van der Waals surface area contributed by atoms with Crippen molar-refractivity contribution in [2.75, 3.05) is 12.9 Å². The van der Waals surface area contributed by atoms with Crippen LogP contribution in [0.25, 0.3) is 0 Å². The molecular formula is C13H20BrNOS. The maximum atomic E-state index is 9.26.